The quantitative estimate of drug-likeness (QED) is 0.647. The molecule has 0 bridgehead atoms. The summed E-state index contributed by atoms with van der Waals surface area (Å²) in [5.74, 6) is 0.300. The maximum absolute atomic E-state index is 12.7. The average Bonchev–Trinajstić information content (AvgIpc) is 3.04. The molecule has 0 aliphatic carbocycles. The number of benzene rings is 2. The Morgan fingerprint density at radius 3 is 2.73 bits per heavy atom. The molecule has 0 atom stereocenters. The highest BCUT2D eigenvalue weighted by Gasteiger charge is 2.21. The van der Waals surface area contributed by atoms with Crippen molar-refractivity contribution in [2.24, 2.45) is 0 Å². The van der Waals surface area contributed by atoms with E-state index in [0.717, 1.165) is 17.6 Å². The van der Waals surface area contributed by atoms with E-state index in [2.05, 4.69) is 4.98 Å². The number of rotatable bonds is 2. The van der Waals surface area contributed by atoms with Crippen molar-refractivity contribution in [2.75, 3.05) is 7.11 Å². The van der Waals surface area contributed by atoms with Crippen molar-refractivity contribution in [1.82, 2.24) is 9.55 Å². The SMILES string of the molecule is COC(=O)c1ccc(/C=C2/CCn3c2nc2cc(Cl)ccc2c3=O)cc1. The van der Waals surface area contributed by atoms with Gasteiger partial charge in [-0.05, 0) is 54.0 Å². The first-order valence-electron chi connectivity index (χ1n) is 8.16. The lowest BCUT2D eigenvalue weighted by Crippen LogP contribution is -2.20. The minimum absolute atomic E-state index is 0.0499. The molecule has 4 rings (SSSR count). The third-order valence-electron chi connectivity index (χ3n) is 4.48. The molecule has 0 unspecified atom stereocenters. The van der Waals surface area contributed by atoms with E-state index in [4.69, 9.17) is 16.3 Å². The molecule has 3 aromatic rings. The third kappa shape index (κ3) is 2.80. The molecule has 2 aromatic carbocycles. The van der Waals surface area contributed by atoms with Crippen molar-refractivity contribution in [2.45, 2.75) is 13.0 Å². The van der Waals surface area contributed by atoms with Crippen LogP contribution in [-0.4, -0.2) is 22.6 Å². The number of carbonyl (C=O) groups excluding carboxylic acids is 1. The molecular formula is C20H15ClN2O3. The smallest absolute Gasteiger partial charge is 0.337 e. The van der Waals surface area contributed by atoms with Crippen molar-refractivity contribution in [3.63, 3.8) is 0 Å². The lowest BCUT2D eigenvalue weighted by atomic mass is 10.1. The number of aromatic nitrogens is 2. The zero-order chi connectivity index (χ0) is 18.3. The second-order valence-corrected chi connectivity index (χ2v) is 6.52. The molecular weight excluding hydrogens is 352 g/mol. The summed E-state index contributed by atoms with van der Waals surface area (Å²) in [4.78, 5) is 28.9. The number of carbonyl (C=O) groups is 1. The Morgan fingerprint density at radius 2 is 2.00 bits per heavy atom. The number of ether oxygens (including phenoxy) is 1. The number of methoxy groups -OCH3 is 1. The van der Waals surface area contributed by atoms with Crippen LogP contribution in [0.25, 0.3) is 22.6 Å². The van der Waals surface area contributed by atoms with Gasteiger partial charge in [0.2, 0.25) is 0 Å². The van der Waals surface area contributed by atoms with Crippen molar-refractivity contribution in [3.8, 4) is 0 Å². The zero-order valence-electron chi connectivity index (χ0n) is 14.0. The van der Waals surface area contributed by atoms with E-state index in [1.165, 1.54) is 7.11 Å². The number of halogens is 1. The summed E-state index contributed by atoms with van der Waals surface area (Å²) in [6.45, 7) is 0.603. The largest absolute Gasteiger partial charge is 0.465 e. The lowest BCUT2D eigenvalue weighted by molar-refractivity contribution is 0.0600. The van der Waals surface area contributed by atoms with Crippen LogP contribution in [0.3, 0.4) is 0 Å². The fourth-order valence-corrected chi connectivity index (χ4v) is 3.33. The number of fused-ring (bicyclic) bond motifs is 2. The van der Waals surface area contributed by atoms with Gasteiger partial charge in [-0.3, -0.25) is 9.36 Å². The molecule has 0 saturated carbocycles. The molecule has 2 heterocycles. The molecule has 5 nitrogen and oxygen atoms in total. The van der Waals surface area contributed by atoms with Crippen LogP contribution < -0.4 is 5.56 Å². The highest BCUT2D eigenvalue weighted by Crippen LogP contribution is 2.28. The van der Waals surface area contributed by atoms with E-state index in [0.29, 0.717) is 33.9 Å². The fourth-order valence-electron chi connectivity index (χ4n) is 3.16. The standard InChI is InChI=1S/C20H15ClN2O3/c1-26-20(25)13-4-2-12(3-5-13)10-14-8-9-23-18(14)22-17-11-15(21)6-7-16(17)19(23)24/h2-7,10-11H,8-9H2,1H3/b14-10-. The molecule has 6 heteroatoms. The molecule has 0 spiro atoms. The van der Waals surface area contributed by atoms with Crippen LogP contribution in [0.15, 0.2) is 47.3 Å². The maximum Gasteiger partial charge on any atom is 0.337 e. The molecule has 1 aromatic heterocycles. The maximum atomic E-state index is 12.7. The summed E-state index contributed by atoms with van der Waals surface area (Å²) in [5, 5.41) is 1.12. The highest BCUT2D eigenvalue weighted by atomic mass is 35.5. The number of hydrogen-bond acceptors (Lipinski definition) is 4. The number of nitrogens with zero attached hydrogens (tertiary/aromatic N) is 2. The Morgan fingerprint density at radius 1 is 1.23 bits per heavy atom. The first-order valence-corrected chi connectivity index (χ1v) is 8.54. The third-order valence-corrected chi connectivity index (χ3v) is 4.72. The van der Waals surface area contributed by atoms with Crippen molar-refractivity contribution in [3.05, 3.63) is 74.8 Å². The normalized spacial score (nSPS) is 14.6. The van der Waals surface area contributed by atoms with Gasteiger partial charge in [0, 0.05) is 11.6 Å². The first-order chi connectivity index (χ1) is 12.6. The number of esters is 1. The van der Waals surface area contributed by atoms with Gasteiger partial charge < -0.3 is 4.74 Å². The molecule has 26 heavy (non-hydrogen) atoms. The Kier molecular flexibility index (Phi) is 4.09. The van der Waals surface area contributed by atoms with Gasteiger partial charge in [-0.2, -0.15) is 0 Å². The summed E-state index contributed by atoms with van der Waals surface area (Å²) in [7, 11) is 1.35. The fraction of sp³-hybridized carbons (Fsp3) is 0.150. The minimum atomic E-state index is -0.369. The predicted molar refractivity (Wildman–Crippen MR) is 101 cm³/mol. The Labute approximate surface area is 154 Å². The van der Waals surface area contributed by atoms with E-state index in [9.17, 15) is 9.59 Å². The van der Waals surface area contributed by atoms with Crippen LogP contribution in [0.5, 0.6) is 0 Å². The molecule has 0 radical (unpaired) electrons. The summed E-state index contributed by atoms with van der Waals surface area (Å²) in [6, 6.07) is 12.2. The molecule has 0 saturated heterocycles. The Balaban J connectivity index is 1.77. The van der Waals surface area contributed by atoms with Gasteiger partial charge in [0.25, 0.3) is 5.56 Å². The summed E-state index contributed by atoms with van der Waals surface area (Å²) in [6.07, 6.45) is 2.72. The van der Waals surface area contributed by atoms with Gasteiger partial charge in [0.15, 0.2) is 0 Å². The summed E-state index contributed by atoms with van der Waals surface area (Å²) < 4.78 is 6.41. The van der Waals surface area contributed by atoms with Crippen LogP contribution in [0.2, 0.25) is 5.02 Å². The molecule has 130 valence electrons. The van der Waals surface area contributed by atoms with Crippen molar-refractivity contribution < 1.29 is 9.53 Å². The number of allylic oxidation sites excluding steroid dienone is 1. The highest BCUT2D eigenvalue weighted by molar-refractivity contribution is 6.31. The molecule has 0 N–H and O–H groups in total. The van der Waals surface area contributed by atoms with Crippen LogP contribution in [-0.2, 0) is 11.3 Å². The van der Waals surface area contributed by atoms with Crippen LogP contribution in [0.1, 0.15) is 28.2 Å². The lowest BCUT2D eigenvalue weighted by Gasteiger charge is -2.06. The van der Waals surface area contributed by atoms with Gasteiger partial charge in [-0.1, -0.05) is 23.7 Å². The summed E-state index contributed by atoms with van der Waals surface area (Å²) in [5.41, 5.74) is 2.96. The first kappa shape index (κ1) is 16.5. The monoisotopic (exact) mass is 366 g/mol. The van der Waals surface area contributed by atoms with E-state index < -0.39 is 0 Å². The van der Waals surface area contributed by atoms with E-state index in [-0.39, 0.29) is 11.5 Å². The van der Waals surface area contributed by atoms with E-state index in [1.807, 2.05) is 18.2 Å². The summed E-state index contributed by atoms with van der Waals surface area (Å²) >= 11 is 6.04. The van der Waals surface area contributed by atoms with Crippen molar-refractivity contribution >= 4 is 40.1 Å². The molecule has 0 amide bonds. The Hall–Kier alpha value is -2.92. The van der Waals surface area contributed by atoms with Gasteiger partial charge >= 0.3 is 5.97 Å². The van der Waals surface area contributed by atoms with Gasteiger partial charge in [0.05, 0.1) is 23.6 Å². The number of hydrogen-bond donors (Lipinski definition) is 0. The molecule has 1 aliphatic heterocycles. The molecule has 0 fully saturated rings. The van der Waals surface area contributed by atoms with Crippen molar-refractivity contribution in [1.29, 1.82) is 0 Å². The molecule has 1 aliphatic rings. The van der Waals surface area contributed by atoms with Gasteiger partial charge in [-0.15, -0.1) is 0 Å². The predicted octanol–water partition coefficient (Wildman–Crippen LogP) is 3.78. The second-order valence-electron chi connectivity index (χ2n) is 6.09. The Bertz CT molecular complexity index is 1110. The van der Waals surface area contributed by atoms with Crippen LogP contribution in [0.4, 0.5) is 0 Å². The van der Waals surface area contributed by atoms with E-state index in [1.54, 1.807) is 34.9 Å². The van der Waals surface area contributed by atoms with Crippen LogP contribution >= 0.6 is 11.6 Å². The topological polar surface area (TPSA) is 61.2 Å². The minimum Gasteiger partial charge on any atom is -0.465 e. The van der Waals surface area contributed by atoms with E-state index >= 15 is 0 Å². The zero-order valence-corrected chi connectivity index (χ0v) is 14.8. The van der Waals surface area contributed by atoms with Gasteiger partial charge in [0.1, 0.15) is 5.82 Å². The second kappa shape index (κ2) is 6.42. The van der Waals surface area contributed by atoms with Crippen LogP contribution in [0, 0.1) is 0 Å². The van der Waals surface area contributed by atoms with Gasteiger partial charge in [-0.25, -0.2) is 9.78 Å². The average molecular weight is 367 g/mol.